The third kappa shape index (κ3) is 5.39. The van der Waals surface area contributed by atoms with Crippen LogP contribution in [0, 0.1) is 0 Å². The number of hydrogen-bond donors (Lipinski definition) is 1. The standard InChI is InChI=1S/C23H28N4O4/c1-15(2)27-14-18-5-4-17(12-19(18)25-20(23(27)31)13-21(28)29)22(30)26(3)11-8-16-6-9-24-10-7-16/h4-7,9-10,12,15,20,25H,8,11,13-14H2,1-3H3,(H,28,29)/p-1. The van der Waals surface area contributed by atoms with Gasteiger partial charge in [0.05, 0.1) is 0 Å². The number of benzene rings is 1. The van der Waals surface area contributed by atoms with Crippen LogP contribution in [0.4, 0.5) is 5.69 Å². The van der Waals surface area contributed by atoms with E-state index in [4.69, 9.17) is 0 Å². The highest BCUT2D eigenvalue weighted by atomic mass is 16.4. The predicted molar refractivity (Wildman–Crippen MR) is 114 cm³/mol. The van der Waals surface area contributed by atoms with Gasteiger partial charge in [0.2, 0.25) is 5.91 Å². The van der Waals surface area contributed by atoms with Crippen LogP contribution >= 0.6 is 0 Å². The number of fused-ring (bicyclic) bond motifs is 1. The molecule has 0 saturated heterocycles. The lowest BCUT2D eigenvalue weighted by Crippen LogP contribution is -2.46. The number of likely N-dealkylation sites (N-methyl/N-ethyl adjacent to an activating group) is 1. The topological polar surface area (TPSA) is 106 Å². The van der Waals surface area contributed by atoms with Crippen LogP contribution in [0.25, 0.3) is 0 Å². The summed E-state index contributed by atoms with van der Waals surface area (Å²) in [4.78, 5) is 44.2. The summed E-state index contributed by atoms with van der Waals surface area (Å²) in [5, 5.41) is 14.2. The minimum Gasteiger partial charge on any atom is -0.550 e. The van der Waals surface area contributed by atoms with Crippen molar-refractivity contribution < 1.29 is 19.5 Å². The van der Waals surface area contributed by atoms with Crippen molar-refractivity contribution in [1.82, 2.24) is 14.8 Å². The summed E-state index contributed by atoms with van der Waals surface area (Å²) < 4.78 is 0. The van der Waals surface area contributed by atoms with Gasteiger partial charge >= 0.3 is 0 Å². The van der Waals surface area contributed by atoms with Gasteiger partial charge in [0.15, 0.2) is 0 Å². The van der Waals surface area contributed by atoms with Gasteiger partial charge in [-0.15, -0.1) is 0 Å². The highest BCUT2D eigenvalue weighted by molar-refractivity contribution is 5.96. The van der Waals surface area contributed by atoms with Gasteiger partial charge in [0.25, 0.3) is 5.91 Å². The fraction of sp³-hybridized carbons (Fsp3) is 0.391. The van der Waals surface area contributed by atoms with Crippen molar-refractivity contribution in [3.63, 3.8) is 0 Å². The number of hydrogen-bond acceptors (Lipinski definition) is 6. The first kappa shape index (κ1) is 22.3. The molecule has 3 rings (SSSR count). The lowest BCUT2D eigenvalue weighted by atomic mass is 10.1. The normalized spacial score (nSPS) is 15.8. The molecule has 8 nitrogen and oxygen atoms in total. The Labute approximate surface area is 181 Å². The maximum Gasteiger partial charge on any atom is 0.253 e. The minimum absolute atomic E-state index is 0.0925. The molecule has 1 aliphatic rings. The van der Waals surface area contributed by atoms with Gasteiger partial charge in [-0.1, -0.05) is 6.07 Å². The summed E-state index contributed by atoms with van der Waals surface area (Å²) in [5.74, 6) is -1.75. The molecule has 0 spiro atoms. The van der Waals surface area contributed by atoms with Crippen molar-refractivity contribution in [2.45, 2.75) is 45.3 Å². The number of nitrogens with zero attached hydrogens (tertiary/aromatic N) is 3. The SMILES string of the molecule is CC(C)N1Cc2ccc(C(=O)N(C)CCc3ccncc3)cc2NC(CC(=O)[O-])C1=O. The molecule has 1 N–H and O–H groups in total. The van der Waals surface area contributed by atoms with Gasteiger partial charge in [0.1, 0.15) is 6.04 Å². The number of anilines is 1. The number of carboxylic acids is 1. The van der Waals surface area contributed by atoms with Gasteiger partial charge in [-0.25, -0.2) is 0 Å². The van der Waals surface area contributed by atoms with Crippen molar-refractivity contribution >= 4 is 23.5 Å². The molecule has 8 heteroatoms. The fourth-order valence-electron chi connectivity index (χ4n) is 3.60. The van der Waals surface area contributed by atoms with Crippen LogP contribution in [-0.2, 0) is 22.6 Å². The highest BCUT2D eigenvalue weighted by Crippen LogP contribution is 2.27. The molecule has 2 amide bonds. The monoisotopic (exact) mass is 423 g/mol. The Kier molecular flexibility index (Phi) is 6.89. The van der Waals surface area contributed by atoms with E-state index in [-0.39, 0.29) is 17.9 Å². The molecular formula is C23H27N4O4-. The maximum atomic E-state index is 12.9. The van der Waals surface area contributed by atoms with Gasteiger partial charge < -0.3 is 25.0 Å². The van der Waals surface area contributed by atoms with E-state index < -0.39 is 18.4 Å². The first-order chi connectivity index (χ1) is 14.8. The predicted octanol–water partition coefficient (Wildman–Crippen LogP) is 1.07. The number of carbonyl (C=O) groups is 3. The Bertz CT molecular complexity index is 961. The third-order valence-corrected chi connectivity index (χ3v) is 5.43. The second kappa shape index (κ2) is 9.59. The Hall–Kier alpha value is -3.42. The Balaban J connectivity index is 1.80. The number of aliphatic carboxylic acids is 1. The van der Waals surface area contributed by atoms with Crippen LogP contribution in [0.3, 0.4) is 0 Å². The second-order valence-corrected chi connectivity index (χ2v) is 8.04. The smallest absolute Gasteiger partial charge is 0.253 e. The molecule has 1 aromatic carbocycles. The number of carboxylic acid groups (broad SMARTS) is 1. The molecule has 2 heterocycles. The van der Waals surface area contributed by atoms with Crippen LogP contribution in [-0.4, -0.2) is 58.2 Å². The van der Waals surface area contributed by atoms with Crippen LogP contribution in [0.2, 0.25) is 0 Å². The Morgan fingerprint density at radius 3 is 2.61 bits per heavy atom. The minimum atomic E-state index is -1.30. The van der Waals surface area contributed by atoms with Crippen molar-refractivity contribution in [3.8, 4) is 0 Å². The number of aromatic nitrogens is 1. The second-order valence-electron chi connectivity index (χ2n) is 8.04. The summed E-state index contributed by atoms with van der Waals surface area (Å²) in [6, 6.07) is 8.05. The molecule has 1 aromatic heterocycles. The average Bonchev–Trinajstić information content (AvgIpc) is 2.88. The first-order valence-electron chi connectivity index (χ1n) is 10.3. The molecule has 0 fully saturated rings. The zero-order chi connectivity index (χ0) is 22.5. The van der Waals surface area contributed by atoms with E-state index in [9.17, 15) is 19.5 Å². The van der Waals surface area contributed by atoms with Crippen LogP contribution in [0.5, 0.6) is 0 Å². The molecule has 0 radical (unpaired) electrons. The van der Waals surface area contributed by atoms with Gasteiger partial charge in [-0.05, 0) is 55.7 Å². The van der Waals surface area contributed by atoms with E-state index in [1.807, 2.05) is 32.0 Å². The number of rotatable bonds is 7. The van der Waals surface area contributed by atoms with E-state index in [0.717, 1.165) is 11.1 Å². The first-order valence-corrected chi connectivity index (χ1v) is 10.3. The molecule has 0 aliphatic carbocycles. The fourth-order valence-corrected chi connectivity index (χ4v) is 3.60. The zero-order valence-electron chi connectivity index (χ0n) is 18.0. The third-order valence-electron chi connectivity index (χ3n) is 5.43. The van der Waals surface area contributed by atoms with Gasteiger partial charge in [0, 0.05) is 62.2 Å². The summed E-state index contributed by atoms with van der Waals surface area (Å²) in [6.45, 7) is 4.65. The van der Waals surface area contributed by atoms with Crippen molar-refractivity contribution in [3.05, 3.63) is 59.4 Å². The van der Waals surface area contributed by atoms with E-state index in [1.54, 1.807) is 41.4 Å². The number of nitrogens with one attached hydrogen (secondary N) is 1. The molecule has 2 aromatic rings. The van der Waals surface area contributed by atoms with E-state index in [0.29, 0.717) is 30.8 Å². The lowest BCUT2D eigenvalue weighted by molar-refractivity contribution is -0.305. The van der Waals surface area contributed by atoms with E-state index in [1.165, 1.54) is 0 Å². The largest absolute Gasteiger partial charge is 0.550 e. The molecule has 1 aliphatic heterocycles. The highest BCUT2D eigenvalue weighted by Gasteiger charge is 2.31. The van der Waals surface area contributed by atoms with E-state index in [2.05, 4.69) is 10.3 Å². The van der Waals surface area contributed by atoms with Crippen molar-refractivity contribution in [2.75, 3.05) is 18.9 Å². The molecule has 0 bridgehead atoms. The summed E-state index contributed by atoms with van der Waals surface area (Å²) in [5.41, 5.74) is 2.99. The molecule has 164 valence electrons. The Morgan fingerprint density at radius 2 is 1.97 bits per heavy atom. The molecule has 1 unspecified atom stereocenters. The molecular weight excluding hydrogens is 396 g/mol. The molecule has 1 atom stereocenters. The summed E-state index contributed by atoms with van der Waals surface area (Å²) in [7, 11) is 1.74. The van der Waals surface area contributed by atoms with Crippen LogP contribution in [0.15, 0.2) is 42.7 Å². The van der Waals surface area contributed by atoms with Crippen molar-refractivity contribution in [1.29, 1.82) is 0 Å². The van der Waals surface area contributed by atoms with Crippen LogP contribution in [0.1, 0.15) is 41.8 Å². The molecule has 0 saturated carbocycles. The van der Waals surface area contributed by atoms with Gasteiger partial charge in [-0.2, -0.15) is 0 Å². The number of carbonyl (C=O) groups excluding carboxylic acids is 3. The average molecular weight is 423 g/mol. The van der Waals surface area contributed by atoms with E-state index >= 15 is 0 Å². The lowest BCUT2D eigenvalue weighted by Gasteiger charge is -2.28. The van der Waals surface area contributed by atoms with Crippen molar-refractivity contribution in [2.24, 2.45) is 0 Å². The summed E-state index contributed by atoms with van der Waals surface area (Å²) in [6.07, 6.45) is 3.71. The number of pyridine rings is 1. The Morgan fingerprint density at radius 1 is 1.26 bits per heavy atom. The summed E-state index contributed by atoms with van der Waals surface area (Å²) >= 11 is 0. The maximum absolute atomic E-state index is 12.9. The van der Waals surface area contributed by atoms with Gasteiger partial charge in [-0.3, -0.25) is 14.6 Å². The quantitative estimate of drug-likeness (QED) is 0.714. The van der Waals surface area contributed by atoms with Crippen LogP contribution < -0.4 is 10.4 Å². The molecule has 31 heavy (non-hydrogen) atoms. The number of amides is 2. The zero-order valence-corrected chi connectivity index (χ0v) is 18.0.